The first-order valence-corrected chi connectivity index (χ1v) is 5.06. The van der Waals surface area contributed by atoms with Crippen LogP contribution in [0, 0.1) is 10.1 Å². The fourth-order valence-corrected chi connectivity index (χ4v) is 1.64. The maximum Gasteiger partial charge on any atom is 0.297 e. The van der Waals surface area contributed by atoms with Crippen LogP contribution in [0.2, 0.25) is 0 Å². The Kier molecular flexibility index (Phi) is 3.05. The molecule has 0 aliphatic carbocycles. The molecule has 1 aromatic carbocycles. The molecule has 2 rings (SSSR count). The molecule has 0 radical (unpaired) electrons. The summed E-state index contributed by atoms with van der Waals surface area (Å²) in [7, 11) is 0. The number of nitro groups is 1. The topological polar surface area (TPSA) is 71.8 Å². The first kappa shape index (κ1) is 12.2. The Labute approximate surface area is 100 Å². The maximum absolute atomic E-state index is 13.4. The van der Waals surface area contributed by atoms with Crippen LogP contribution in [0.15, 0.2) is 24.8 Å². The monoisotopic (exact) mass is 253 g/mol. The smallest absolute Gasteiger partial charge is 0.297 e. The van der Waals surface area contributed by atoms with Gasteiger partial charge in [-0.2, -0.15) is 0 Å². The molecule has 5 nitrogen and oxygen atoms in total. The molecule has 0 saturated carbocycles. The lowest BCUT2D eigenvalue weighted by Gasteiger charge is -1.96. The van der Waals surface area contributed by atoms with E-state index in [4.69, 9.17) is 0 Å². The van der Waals surface area contributed by atoms with Gasteiger partial charge in [-0.3, -0.25) is 10.1 Å². The second kappa shape index (κ2) is 4.52. The highest BCUT2D eigenvalue weighted by Crippen LogP contribution is 2.28. The fraction of sp³-hybridized carbons (Fsp3) is 0.182. The highest BCUT2D eigenvalue weighted by Gasteiger charge is 2.20. The summed E-state index contributed by atoms with van der Waals surface area (Å²) < 4.78 is 25.9. The largest absolute Gasteiger partial charge is 0.339 e. The molecule has 0 spiro atoms. The van der Waals surface area contributed by atoms with Crippen molar-refractivity contribution < 1.29 is 13.7 Å². The van der Waals surface area contributed by atoms with Crippen molar-refractivity contribution in [1.82, 2.24) is 9.97 Å². The summed E-state index contributed by atoms with van der Waals surface area (Å²) >= 11 is 0. The van der Waals surface area contributed by atoms with E-state index in [0.717, 1.165) is 12.1 Å². The summed E-state index contributed by atoms with van der Waals surface area (Å²) in [5, 5.41) is 10.8. The predicted molar refractivity (Wildman–Crippen MR) is 61.6 cm³/mol. The van der Waals surface area contributed by atoms with Crippen molar-refractivity contribution in [3.8, 4) is 0 Å². The standard InChI is InChI=1S/C11H9F2N3O2/c1-2-7(13)11-14-8-3-6(5-12)4-9(16(17)18)10(8)15-11/h2-4,7H,1,5H2,(H,14,15). The number of nitrogens with zero attached hydrogens (tertiary/aromatic N) is 2. The maximum atomic E-state index is 13.4. The number of alkyl halides is 2. The number of hydrogen-bond acceptors (Lipinski definition) is 3. The van der Waals surface area contributed by atoms with Gasteiger partial charge in [-0.25, -0.2) is 13.8 Å². The lowest BCUT2D eigenvalue weighted by Crippen LogP contribution is -1.92. The Hall–Kier alpha value is -2.31. The number of rotatable bonds is 4. The molecule has 1 heterocycles. The average molecular weight is 253 g/mol. The van der Waals surface area contributed by atoms with E-state index in [1.165, 1.54) is 6.07 Å². The van der Waals surface area contributed by atoms with Crippen LogP contribution < -0.4 is 0 Å². The molecule has 0 bridgehead atoms. The molecule has 18 heavy (non-hydrogen) atoms. The Bertz CT molecular complexity index is 624. The lowest BCUT2D eigenvalue weighted by atomic mass is 10.2. The van der Waals surface area contributed by atoms with Gasteiger partial charge in [0.1, 0.15) is 12.5 Å². The van der Waals surface area contributed by atoms with E-state index < -0.39 is 17.8 Å². The van der Waals surface area contributed by atoms with Gasteiger partial charge in [-0.05, 0) is 11.6 Å². The van der Waals surface area contributed by atoms with E-state index >= 15 is 0 Å². The highest BCUT2D eigenvalue weighted by atomic mass is 19.1. The van der Waals surface area contributed by atoms with Gasteiger partial charge >= 0.3 is 0 Å². The average Bonchev–Trinajstić information content (AvgIpc) is 2.79. The molecule has 2 aromatic rings. The minimum atomic E-state index is -1.55. The van der Waals surface area contributed by atoms with Gasteiger partial charge in [0.05, 0.1) is 10.4 Å². The van der Waals surface area contributed by atoms with Crippen molar-refractivity contribution in [3.63, 3.8) is 0 Å². The number of hydrogen-bond donors (Lipinski definition) is 1. The van der Waals surface area contributed by atoms with Crippen LogP contribution in [-0.4, -0.2) is 14.9 Å². The van der Waals surface area contributed by atoms with Gasteiger partial charge in [-0.15, -0.1) is 0 Å². The highest BCUT2D eigenvalue weighted by molar-refractivity contribution is 5.85. The fourth-order valence-electron chi connectivity index (χ4n) is 1.64. The van der Waals surface area contributed by atoms with Gasteiger partial charge in [0.15, 0.2) is 11.7 Å². The van der Waals surface area contributed by atoms with Gasteiger partial charge < -0.3 is 4.98 Å². The van der Waals surface area contributed by atoms with E-state index in [1.807, 2.05) is 0 Å². The van der Waals surface area contributed by atoms with Crippen molar-refractivity contribution in [2.45, 2.75) is 12.8 Å². The van der Waals surface area contributed by atoms with Gasteiger partial charge in [0.25, 0.3) is 5.69 Å². The Morgan fingerprint density at radius 1 is 1.61 bits per heavy atom. The Morgan fingerprint density at radius 3 is 2.89 bits per heavy atom. The second-order valence-corrected chi connectivity index (χ2v) is 3.66. The summed E-state index contributed by atoms with van der Waals surface area (Å²) in [4.78, 5) is 16.6. The number of imidazole rings is 1. The van der Waals surface area contributed by atoms with Crippen LogP contribution in [-0.2, 0) is 6.67 Å². The minimum Gasteiger partial charge on any atom is -0.339 e. The molecule has 0 amide bonds. The van der Waals surface area contributed by atoms with Crippen LogP contribution in [0.4, 0.5) is 14.5 Å². The number of nitrogens with one attached hydrogen (secondary N) is 1. The third-order valence-corrected chi connectivity index (χ3v) is 2.46. The van der Waals surface area contributed by atoms with Crippen molar-refractivity contribution in [2.75, 3.05) is 0 Å². The predicted octanol–water partition coefficient (Wildman–Crippen LogP) is 3.14. The molecule has 1 aromatic heterocycles. The number of aromatic amines is 1. The molecule has 1 unspecified atom stereocenters. The Morgan fingerprint density at radius 2 is 2.33 bits per heavy atom. The quantitative estimate of drug-likeness (QED) is 0.517. The van der Waals surface area contributed by atoms with Gasteiger partial charge in [0, 0.05) is 6.07 Å². The normalized spacial score (nSPS) is 12.6. The van der Waals surface area contributed by atoms with Crippen molar-refractivity contribution >= 4 is 16.7 Å². The third kappa shape index (κ3) is 1.94. The zero-order chi connectivity index (χ0) is 13.3. The van der Waals surface area contributed by atoms with E-state index in [1.54, 1.807) is 0 Å². The lowest BCUT2D eigenvalue weighted by molar-refractivity contribution is -0.383. The molecule has 0 aliphatic heterocycles. The molecular formula is C11H9F2N3O2. The van der Waals surface area contributed by atoms with E-state index in [2.05, 4.69) is 16.5 Å². The molecule has 0 saturated heterocycles. The summed E-state index contributed by atoms with van der Waals surface area (Å²) in [6.07, 6.45) is -0.537. The van der Waals surface area contributed by atoms with Crippen molar-refractivity contribution in [2.24, 2.45) is 0 Å². The van der Waals surface area contributed by atoms with E-state index in [0.29, 0.717) is 0 Å². The van der Waals surface area contributed by atoms with Crippen LogP contribution in [0.1, 0.15) is 17.6 Å². The van der Waals surface area contributed by atoms with E-state index in [-0.39, 0.29) is 28.1 Å². The summed E-state index contributed by atoms with van der Waals surface area (Å²) in [5.74, 6) is -0.0842. The molecule has 94 valence electrons. The van der Waals surface area contributed by atoms with Crippen LogP contribution in [0.3, 0.4) is 0 Å². The number of fused-ring (bicyclic) bond motifs is 1. The van der Waals surface area contributed by atoms with E-state index in [9.17, 15) is 18.9 Å². The third-order valence-electron chi connectivity index (χ3n) is 2.46. The van der Waals surface area contributed by atoms with Crippen LogP contribution in [0.25, 0.3) is 11.0 Å². The Balaban J connectivity index is 2.70. The van der Waals surface area contributed by atoms with Gasteiger partial charge in [-0.1, -0.05) is 12.7 Å². The number of non-ortho nitro benzene ring substituents is 1. The number of H-pyrrole nitrogens is 1. The van der Waals surface area contributed by atoms with Gasteiger partial charge in [0.2, 0.25) is 0 Å². The molecule has 7 heteroatoms. The second-order valence-electron chi connectivity index (χ2n) is 3.66. The first-order valence-electron chi connectivity index (χ1n) is 5.06. The number of allylic oxidation sites excluding steroid dienone is 1. The summed E-state index contributed by atoms with van der Waals surface area (Å²) in [6.45, 7) is 2.43. The van der Waals surface area contributed by atoms with Crippen molar-refractivity contribution in [1.29, 1.82) is 0 Å². The van der Waals surface area contributed by atoms with Crippen LogP contribution in [0.5, 0.6) is 0 Å². The van der Waals surface area contributed by atoms with Crippen molar-refractivity contribution in [3.05, 3.63) is 46.3 Å². The molecule has 1 atom stereocenters. The SMILES string of the molecule is C=CC(F)c1nc2c([N+](=O)[O-])cc(CF)cc2[nH]1. The zero-order valence-corrected chi connectivity index (χ0v) is 9.19. The number of benzene rings is 1. The minimum absolute atomic E-state index is 0.0108. The summed E-state index contributed by atoms with van der Waals surface area (Å²) in [5.41, 5.74) is 0.0328. The number of nitro benzene ring substituents is 1. The molecule has 0 fully saturated rings. The summed E-state index contributed by atoms with van der Waals surface area (Å²) in [6, 6.07) is 2.46. The number of halogens is 2. The molecule has 1 N–H and O–H groups in total. The molecular weight excluding hydrogens is 244 g/mol. The van der Waals surface area contributed by atoms with Crippen LogP contribution >= 0.6 is 0 Å². The first-order chi connectivity index (χ1) is 8.56. The zero-order valence-electron chi connectivity index (χ0n) is 9.19. The molecule has 0 aliphatic rings. The number of aromatic nitrogens is 2.